The molecule has 0 bridgehead atoms. The van der Waals surface area contributed by atoms with Crippen LogP contribution in [0.1, 0.15) is 0 Å². The van der Waals surface area contributed by atoms with Crippen molar-refractivity contribution >= 4 is 46.7 Å². The molecule has 0 aliphatic carbocycles. The molecule has 0 spiro atoms. The molecule has 0 aromatic rings. The average Bonchev–Trinajstić information content (AvgIpc) is 1.87. The summed E-state index contributed by atoms with van der Waals surface area (Å²) in [6.45, 7) is 0. The predicted octanol–water partition coefficient (Wildman–Crippen LogP) is 1.86. The van der Waals surface area contributed by atoms with Crippen LogP contribution in [0.5, 0.6) is 0 Å². The van der Waals surface area contributed by atoms with Gasteiger partial charge in [-0.25, -0.2) is 9.59 Å². The van der Waals surface area contributed by atoms with Gasteiger partial charge in [0.05, 0.1) is 0 Å². The minimum atomic E-state index is -1.27. The summed E-state index contributed by atoms with van der Waals surface area (Å²) in [5.41, 5.74) is 1.39. The lowest BCUT2D eigenvalue weighted by Gasteiger charge is -1.67. The molecule has 0 radical (unpaired) electrons. The largest absolute Gasteiger partial charge is 0.463 e. The van der Waals surface area contributed by atoms with E-state index < -0.39 is 12.2 Å². The van der Waals surface area contributed by atoms with Crippen LogP contribution in [0.2, 0.25) is 0 Å². The highest BCUT2D eigenvalue weighted by atomic mass is 35.5. The molecule has 2 amide bonds. The standard InChI is InChI=1S/2C2H2ClNO2/c2*3-1-4-2(5)6/h2*1H,(H,5,6). The highest BCUT2D eigenvalue weighted by Crippen LogP contribution is 1.69. The van der Waals surface area contributed by atoms with Crippen LogP contribution < -0.4 is 0 Å². The molecule has 6 nitrogen and oxygen atoms in total. The zero-order valence-electron chi connectivity index (χ0n) is 5.52. The molecule has 0 aliphatic heterocycles. The Labute approximate surface area is 77.1 Å². The van der Waals surface area contributed by atoms with Crippen LogP contribution >= 0.6 is 23.2 Å². The highest BCUT2D eigenvalue weighted by molar-refractivity contribution is 6.57. The van der Waals surface area contributed by atoms with Gasteiger partial charge in [0, 0.05) is 0 Å². The SMILES string of the molecule is O=C(O)N=CCl.O=C(O)N=CCl. The third kappa shape index (κ3) is 23.2. The number of hydrogen-bond donors (Lipinski definition) is 2. The fourth-order valence-corrected chi connectivity index (χ4v) is 0.250. The Morgan fingerprint density at radius 3 is 1.25 bits per heavy atom. The van der Waals surface area contributed by atoms with Gasteiger partial charge >= 0.3 is 12.2 Å². The second-order valence-corrected chi connectivity index (χ2v) is 1.41. The van der Waals surface area contributed by atoms with Crippen molar-refractivity contribution in [2.75, 3.05) is 0 Å². The van der Waals surface area contributed by atoms with Gasteiger partial charge in [-0.2, -0.15) is 9.98 Å². The van der Waals surface area contributed by atoms with E-state index in [1.807, 2.05) is 0 Å². The Hall–Kier alpha value is -1.14. The van der Waals surface area contributed by atoms with Crippen LogP contribution in [0.25, 0.3) is 0 Å². The van der Waals surface area contributed by atoms with E-state index in [9.17, 15) is 9.59 Å². The van der Waals surface area contributed by atoms with Crippen molar-refractivity contribution in [3.63, 3.8) is 0 Å². The van der Waals surface area contributed by atoms with Crippen LogP contribution in [-0.4, -0.2) is 33.7 Å². The van der Waals surface area contributed by atoms with Crippen LogP contribution in [0.3, 0.4) is 0 Å². The molecule has 0 saturated heterocycles. The van der Waals surface area contributed by atoms with Gasteiger partial charge in [0.15, 0.2) is 0 Å². The number of hydrogen-bond acceptors (Lipinski definition) is 2. The fraction of sp³-hybridized carbons (Fsp3) is 0. The maximum atomic E-state index is 9.32. The molecule has 0 fully saturated rings. The maximum absolute atomic E-state index is 9.32. The molecule has 8 heteroatoms. The van der Waals surface area contributed by atoms with Crippen molar-refractivity contribution < 1.29 is 19.8 Å². The summed E-state index contributed by atoms with van der Waals surface area (Å²) in [5, 5.41) is 15.3. The summed E-state index contributed by atoms with van der Waals surface area (Å²) in [6.07, 6.45) is -2.55. The molecule has 2 N–H and O–H groups in total. The summed E-state index contributed by atoms with van der Waals surface area (Å²) in [6, 6.07) is 0. The maximum Gasteiger partial charge on any atom is 0.431 e. The Bertz CT molecular complexity index is 181. The fourth-order valence-electron chi connectivity index (χ4n) is 0.0835. The minimum Gasteiger partial charge on any atom is -0.463 e. The summed E-state index contributed by atoms with van der Waals surface area (Å²) < 4.78 is 0. The van der Waals surface area contributed by atoms with E-state index in [4.69, 9.17) is 33.4 Å². The highest BCUT2D eigenvalue weighted by Gasteiger charge is 1.79. The zero-order chi connectivity index (χ0) is 9.98. The summed E-state index contributed by atoms with van der Waals surface area (Å²) in [7, 11) is 0. The molecular weight excluding hydrogens is 211 g/mol. The van der Waals surface area contributed by atoms with Gasteiger partial charge in [-0.05, 0) is 0 Å². The van der Waals surface area contributed by atoms with Gasteiger partial charge in [0.2, 0.25) is 0 Å². The van der Waals surface area contributed by atoms with Gasteiger partial charge < -0.3 is 10.2 Å². The van der Waals surface area contributed by atoms with E-state index in [1.165, 1.54) is 0 Å². The number of aliphatic imine (C=N–C) groups is 2. The summed E-state index contributed by atoms with van der Waals surface area (Å²) in [4.78, 5) is 24.0. The Kier molecular flexibility index (Phi) is 11.1. The second kappa shape index (κ2) is 9.86. The third-order valence-electron chi connectivity index (χ3n) is 0.318. The normalized spacial score (nSPS) is 9.50. The molecule has 0 aliphatic rings. The molecule has 0 rings (SSSR count). The Balaban J connectivity index is 0. The van der Waals surface area contributed by atoms with Gasteiger partial charge in [-0.15, -0.1) is 0 Å². The van der Waals surface area contributed by atoms with Gasteiger partial charge in [-0.3, -0.25) is 0 Å². The van der Waals surface area contributed by atoms with Crippen LogP contribution in [0, 0.1) is 0 Å². The Morgan fingerprint density at radius 2 is 1.25 bits per heavy atom. The molecular formula is C4H4Cl2N2O4. The van der Waals surface area contributed by atoms with E-state index >= 15 is 0 Å². The molecule has 0 aromatic carbocycles. The van der Waals surface area contributed by atoms with Gasteiger partial charge in [0.1, 0.15) is 11.3 Å². The predicted molar refractivity (Wildman–Crippen MR) is 44.7 cm³/mol. The first-order valence-corrected chi connectivity index (χ1v) is 3.13. The molecule has 0 heterocycles. The van der Waals surface area contributed by atoms with Crippen molar-refractivity contribution in [1.29, 1.82) is 0 Å². The number of halogens is 2. The number of carbonyl (C=O) groups is 2. The van der Waals surface area contributed by atoms with Crippen LogP contribution in [0.4, 0.5) is 9.59 Å². The van der Waals surface area contributed by atoms with Crippen molar-refractivity contribution in [2.24, 2.45) is 9.98 Å². The van der Waals surface area contributed by atoms with Crippen molar-refractivity contribution in [1.82, 2.24) is 0 Å². The number of carboxylic acid groups (broad SMARTS) is 2. The molecule has 0 saturated carbocycles. The van der Waals surface area contributed by atoms with Crippen molar-refractivity contribution in [2.45, 2.75) is 0 Å². The monoisotopic (exact) mass is 214 g/mol. The van der Waals surface area contributed by atoms with Gasteiger partial charge in [0.25, 0.3) is 0 Å². The minimum absolute atomic E-state index is 0.697. The third-order valence-corrected chi connectivity index (χ3v) is 0.514. The number of nitrogens with zero attached hydrogens (tertiary/aromatic N) is 2. The Morgan fingerprint density at radius 1 is 1.00 bits per heavy atom. The zero-order valence-corrected chi connectivity index (χ0v) is 7.03. The average molecular weight is 215 g/mol. The van der Waals surface area contributed by atoms with E-state index in [-0.39, 0.29) is 0 Å². The van der Waals surface area contributed by atoms with E-state index in [2.05, 4.69) is 9.98 Å². The smallest absolute Gasteiger partial charge is 0.431 e. The topological polar surface area (TPSA) is 99.3 Å². The second-order valence-electron chi connectivity index (χ2n) is 1.02. The van der Waals surface area contributed by atoms with Gasteiger partial charge in [-0.1, -0.05) is 23.2 Å². The van der Waals surface area contributed by atoms with Crippen LogP contribution in [-0.2, 0) is 0 Å². The lowest BCUT2D eigenvalue weighted by atomic mass is 11.2. The quantitative estimate of drug-likeness (QED) is 0.602. The first kappa shape index (κ1) is 13.4. The lowest BCUT2D eigenvalue weighted by molar-refractivity contribution is 0.204. The van der Waals surface area contributed by atoms with E-state index in [0.29, 0.717) is 11.3 Å². The molecule has 0 aromatic heterocycles. The number of amides is 2. The molecule has 0 atom stereocenters. The summed E-state index contributed by atoms with van der Waals surface area (Å²) >= 11 is 9.45. The first-order valence-electron chi connectivity index (χ1n) is 2.26. The molecule has 68 valence electrons. The van der Waals surface area contributed by atoms with Crippen molar-refractivity contribution in [3.05, 3.63) is 0 Å². The first-order chi connectivity index (χ1) is 5.54. The van der Waals surface area contributed by atoms with Crippen LogP contribution in [0.15, 0.2) is 9.98 Å². The lowest BCUT2D eigenvalue weighted by Crippen LogP contribution is -1.80. The summed E-state index contributed by atoms with van der Waals surface area (Å²) in [5.74, 6) is 0. The molecule has 12 heavy (non-hydrogen) atoms. The van der Waals surface area contributed by atoms with E-state index in [0.717, 1.165) is 0 Å². The number of rotatable bonds is 0. The van der Waals surface area contributed by atoms with Crippen molar-refractivity contribution in [3.8, 4) is 0 Å². The molecule has 0 unspecified atom stereocenters. The van der Waals surface area contributed by atoms with E-state index in [1.54, 1.807) is 0 Å².